The molecule has 6 nitrogen and oxygen atoms in total. The van der Waals surface area contributed by atoms with Crippen molar-refractivity contribution in [1.29, 1.82) is 0 Å². The maximum Gasteiger partial charge on any atom is 0.254 e. The predicted octanol–water partition coefficient (Wildman–Crippen LogP) is 2.83. The summed E-state index contributed by atoms with van der Waals surface area (Å²) in [5, 5.41) is 17.8. The van der Waals surface area contributed by atoms with Gasteiger partial charge in [-0.1, -0.05) is 12.1 Å². The van der Waals surface area contributed by atoms with E-state index in [2.05, 4.69) is 24.0 Å². The molecule has 0 spiro atoms. The number of nitrogens with zero attached hydrogens (tertiary/aromatic N) is 4. The maximum atomic E-state index is 12.6. The molecule has 1 amide bonds. The molecule has 1 aromatic heterocycles. The maximum absolute atomic E-state index is 12.6. The minimum absolute atomic E-state index is 0.0488. The minimum atomic E-state index is -0.679. The number of aromatic nitrogens is 3. The first-order valence-corrected chi connectivity index (χ1v) is 8.62. The van der Waals surface area contributed by atoms with Gasteiger partial charge in [0.2, 0.25) is 0 Å². The molecule has 0 aliphatic rings. The number of rotatable bonds is 7. The van der Waals surface area contributed by atoms with Gasteiger partial charge in [-0.15, -0.1) is 10.2 Å². The van der Waals surface area contributed by atoms with Crippen molar-refractivity contribution in [3.8, 4) is 0 Å². The predicted molar refractivity (Wildman–Crippen MR) is 97.3 cm³/mol. The highest BCUT2D eigenvalue weighted by Crippen LogP contribution is 2.15. The van der Waals surface area contributed by atoms with Gasteiger partial charge in [0.25, 0.3) is 5.91 Å². The third-order valence-electron chi connectivity index (χ3n) is 4.16. The van der Waals surface area contributed by atoms with Crippen LogP contribution in [0.25, 0.3) is 0 Å². The zero-order valence-corrected chi connectivity index (χ0v) is 15.7. The average Bonchev–Trinajstić information content (AvgIpc) is 3.00. The lowest BCUT2D eigenvalue weighted by atomic mass is 9.98. The molecule has 25 heavy (non-hydrogen) atoms. The molecule has 0 atom stereocenters. The van der Waals surface area contributed by atoms with Crippen LogP contribution in [-0.4, -0.2) is 43.3 Å². The molecule has 1 heterocycles. The molecule has 0 saturated heterocycles. The van der Waals surface area contributed by atoms with Crippen LogP contribution in [0, 0.1) is 0 Å². The highest BCUT2D eigenvalue weighted by molar-refractivity contribution is 5.94. The van der Waals surface area contributed by atoms with E-state index >= 15 is 0 Å². The molecule has 0 saturated carbocycles. The SMILES string of the molecule is CC(C)n1cnnc1CN(C)C(=O)c1ccc(CCC(C)(C)O)cc1. The van der Waals surface area contributed by atoms with Crippen LogP contribution in [0.1, 0.15) is 61.9 Å². The number of carbonyl (C=O) groups is 1. The van der Waals surface area contributed by atoms with E-state index in [-0.39, 0.29) is 11.9 Å². The molecule has 2 aromatic rings. The molecule has 1 N–H and O–H groups in total. The number of amides is 1. The summed E-state index contributed by atoms with van der Waals surface area (Å²) >= 11 is 0. The monoisotopic (exact) mass is 344 g/mol. The zero-order valence-electron chi connectivity index (χ0n) is 15.7. The standard InChI is InChI=1S/C19H28N4O2/c1-14(2)23-13-20-21-17(23)12-22(5)18(24)16-8-6-15(7-9-16)10-11-19(3,4)25/h6-9,13-14,25H,10-12H2,1-5H3. The van der Waals surface area contributed by atoms with Crippen LogP contribution in [0.15, 0.2) is 30.6 Å². The Bertz CT molecular complexity index is 699. The summed E-state index contributed by atoms with van der Waals surface area (Å²) in [4.78, 5) is 14.3. The van der Waals surface area contributed by atoms with Gasteiger partial charge in [0.15, 0.2) is 5.82 Å². The number of benzene rings is 1. The van der Waals surface area contributed by atoms with Gasteiger partial charge in [-0.2, -0.15) is 0 Å². The first-order chi connectivity index (χ1) is 11.7. The Labute approximate surface area is 149 Å². The van der Waals surface area contributed by atoms with Crippen molar-refractivity contribution >= 4 is 5.91 Å². The van der Waals surface area contributed by atoms with Gasteiger partial charge >= 0.3 is 0 Å². The second kappa shape index (κ2) is 7.78. The fourth-order valence-electron chi connectivity index (χ4n) is 2.58. The minimum Gasteiger partial charge on any atom is -0.390 e. The first kappa shape index (κ1) is 19.1. The quantitative estimate of drug-likeness (QED) is 0.838. The van der Waals surface area contributed by atoms with Crippen LogP contribution in [0.4, 0.5) is 0 Å². The molecule has 1 aromatic carbocycles. The fourth-order valence-corrected chi connectivity index (χ4v) is 2.58. The van der Waals surface area contributed by atoms with Crippen LogP contribution in [0.5, 0.6) is 0 Å². The lowest BCUT2D eigenvalue weighted by Crippen LogP contribution is -2.28. The summed E-state index contributed by atoms with van der Waals surface area (Å²) in [5.74, 6) is 0.722. The van der Waals surface area contributed by atoms with E-state index in [1.165, 1.54) is 0 Å². The first-order valence-electron chi connectivity index (χ1n) is 8.62. The van der Waals surface area contributed by atoms with Crippen molar-refractivity contribution in [2.45, 2.75) is 58.7 Å². The van der Waals surface area contributed by atoms with E-state index in [1.807, 2.05) is 28.8 Å². The van der Waals surface area contributed by atoms with Gasteiger partial charge in [0, 0.05) is 18.7 Å². The van der Waals surface area contributed by atoms with E-state index in [1.54, 1.807) is 32.1 Å². The van der Waals surface area contributed by atoms with Crippen LogP contribution >= 0.6 is 0 Å². The smallest absolute Gasteiger partial charge is 0.254 e. The van der Waals surface area contributed by atoms with Gasteiger partial charge in [0.05, 0.1) is 12.1 Å². The van der Waals surface area contributed by atoms with Gasteiger partial charge in [-0.05, 0) is 58.2 Å². The topological polar surface area (TPSA) is 71.2 Å². The molecule has 0 fully saturated rings. The van der Waals surface area contributed by atoms with Crippen molar-refractivity contribution < 1.29 is 9.90 Å². The third-order valence-corrected chi connectivity index (χ3v) is 4.16. The molecule has 0 aliphatic heterocycles. The molecule has 2 rings (SSSR count). The summed E-state index contributed by atoms with van der Waals surface area (Å²) in [6, 6.07) is 7.83. The molecule has 6 heteroatoms. The largest absolute Gasteiger partial charge is 0.390 e. The molecular formula is C19H28N4O2. The highest BCUT2D eigenvalue weighted by atomic mass is 16.3. The summed E-state index contributed by atoms with van der Waals surface area (Å²) in [6.45, 7) is 8.13. The van der Waals surface area contributed by atoms with E-state index in [0.29, 0.717) is 18.5 Å². The molecule has 0 radical (unpaired) electrons. The molecule has 0 bridgehead atoms. The zero-order chi connectivity index (χ0) is 18.6. The molecule has 136 valence electrons. The van der Waals surface area contributed by atoms with Crippen molar-refractivity contribution in [3.05, 3.63) is 47.5 Å². The lowest BCUT2D eigenvalue weighted by Gasteiger charge is -2.19. The Morgan fingerprint density at radius 3 is 2.48 bits per heavy atom. The van der Waals surface area contributed by atoms with Crippen molar-refractivity contribution in [1.82, 2.24) is 19.7 Å². The lowest BCUT2D eigenvalue weighted by molar-refractivity contribution is 0.0712. The van der Waals surface area contributed by atoms with E-state index in [0.717, 1.165) is 17.8 Å². The van der Waals surface area contributed by atoms with Crippen molar-refractivity contribution in [2.75, 3.05) is 7.05 Å². The Morgan fingerprint density at radius 2 is 1.92 bits per heavy atom. The van der Waals surface area contributed by atoms with Crippen molar-refractivity contribution in [2.24, 2.45) is 0 Å². The Kier molecular flexibility index (Phi) is 5.95. The normalized spacial score (nSPS) is 11.8. The number of carbonyl (C=O) groups excluding carboxylic acids is 1. The van der Waals surface area contributed by atoms with Gasteiger partial charge in [-0.25, -0.2) is 0 Å². The Balaban J connectivity index is 2.00. The summed E-state index contributed by atoms with van der Waals surface area (Å²) in [5.41, 5.74) is 1.08. The highest BCUT2D eigenvalue weighted by Gasteiger charge is 2.16. The molecule has 0 aliphatic carbocycles. The van der Waals surface area contributed by atoms with Gasteiger partial charge in [0.1, 0.15) is 6.33 Å². The second-order valence-electron chi connectivity index (χ2n) is 7.42. The van der Waals surface area contributed by atoms with Crippen LogP contribution in [0.2, 0.25) is 0 Å². The number of hydrogen-bond acceptors (Lipinski definition) is 4. The third kappa shape index (κ3) is 5.39. The van der Waals surface area contributed by atoms with Crippen LogP contribution in [0.3, 0.4) is 0 Å². The number of aryl methyl sites for hydroxylation is 1. The van der Waals surface area contributed by atoms with E-state index in [4.69, 9.17) is 0 Å². The number of hydrogen-bond donors (Lipinski definition) is 1. The summed E-state index contributed by atoms with van der Waals surface area (Å²) < 4.78 is 1.96. The van der Waals surface area contributed by atoms with Crippen LogP contribution < -0.4 is 0 Å². The number of aliphatic hydroxyl groups is 1. The average molecular weight is 344 g/mol. The van der Waals surface area contributed by atoms with Gasteiger partial charge < -0.3 is 14.6 Å². The molecule has 0 unspecified atom stereocenters. The van der Waals surface area contributed by atoms with Crippen LogP contribution in [-0.2, 0) is 13.0 Å². The van der Waals surface area contributed by atoms with Crippen molar-refractivity contribution in [3.63, 3.8) is 0 Å². The van der Waals surface area contributed by atoms with E-state index < -0.39 is 5.60 Å². The molecular weight excluding hydrogens is 316 g/mol. The van der Waals surface area contributed by atoms with Gasteiger partial charge in [-0.3, -0.25) is 4.79 Å². The van der Waals surface area contributed by atoms with E-state index in [9.17, 15) is 9.90 Å². The fraction of sp³-hybridized carbons (Fsp3) is 0.526. The Hall–Kier alpha value is -2.21. The summed E-state index contributed by atoms with van der Waals surface area (Å²) in [6.07, 6.45) is 3.16. The Morgan fingerprint density at radius 1 is 1.28 bits per heavy atom. The second-order valence-corrected chi connectivity index (χ2v) is 7.42. The summed E-state index contributed by atoms with van der Waals surface area (Å²) in [7, 11) is 1.77.